The van der Waals surface area contributed by atoms with Crippen molar-refractivity contribution in [2.24, 2.45) is 0 Å². The van der Waals surface area contributed by atoms with Gasteiger partial charge in [0, 0.05) is 23.3 Å². The second-order valence-corrected chi connectivity index (χ2v) is 9.43. The molecule has 3 atom stereocenters. The molecule has 0 bridgehead atoms. The van der Waals surface area contributed by atoms with Crippen LogP contribution < -0.4 is 4.74 Å². The van der Waals surface area contributed by atoms with Gasteiger partial charge in [-0.05, 0) is 36.2 Å². The molecular formula is C26H17NO9. The number of rotatable bonds is 4. The smallest absolute Gasteiger partial charge is 0.340 e. The minimum absolute atomic E-state index is 0.0318. The summed E-state index contributed by atoms with van der Waals surface area (Å²) in [6, 6.07) is 12.0. The molecule has 4 heterocycles. The number of carbonyl (C=O) groups excluding carboxylic acids is 1. The van der Waals surface area contributed by atoms with Crippen LogP contribution in [0.2, 0.25) is 0 Å². The number of phenolic OH excluding ortho intramolecular Hbond substituents is 2. The Morgan fingerprint density at radius 2 is 1.58 bits per heavy atom. The maximum atomic E-state index is 13.1. The van der Waals surface area contributed by atoms with E-state index in [2.05, 4.69) is 0 Å². The third-order valence-electron chi connectivity index (χ3n) is 7.65. The van der Waals surface area contributed by atoms with Crippen LogP contribution in [0, 0.1) is 0 Å². The fourth-order valence-electron chi connectivity index (χ4n) is 6.23. The van der Waals surface area contributed by atoms with Gasteiger partial charge in [0.05, 0.1) is 16.7 Å². The number of fused-ring (bicyclic) bond motifs is 7. The van der Waals surface area contributed by atoms with Gasteiger partial charge in [-0.15, -0.1) is 0 Å². The number of aromatic hydroxyl groups is 2. The molecule has 0 saturated carbocycles. The standard InChI is InChI=1S/C26H17NO9/c28-12-5-6-16-17(8-12)35-18-9-13(29)7-11(10-25-20(22(30)31)27(25)21(25)23(32)33)19(18)26(16)15-4-2-1-3-14(15)24(34)36-26/h1-9,20-21,28-29H,10H2,(H,30,31)(H,32,33). The number of aliphatic carboxylic acids is 2. The fourth-order valence-corrected chi connectivity index (χ4v) is 6.23. The Morgan fingerprint density at radius 3 is 2.31 bits per heavy atom. The number of hydrogen-bond acceptors (Lipinski definition) is 8. The summed E-state index contributed by atoms with van der Waals surface area (Å²) in [6.45, 7) is 0. The summed E-state index contributed by atoms with van der Waals surface area (Å²) < 4.78 is 12.2. The highest BCUT2D eigenvalue weighted by Crippen LogP contribution is 2.66. The third-order valence-corrected chi connectivity index (χ3v) is 7.65. The zero-order valence-corrected chi connectivity index (χ0v) is 18.3. The number of hydrogen-bond donors (Lipinski definition) is 4. The first-order valence-electron chi connectivity index (χ1n) is 11.1. The van der Waals surface area contributed by atoms with Crippen LogP contribution in [0.15, 0.2) is 54.6 Å². The molecule has 10 heteroatoms. The molecule has 4 aliphatic heterocycles. The molecule has 7 rings (SSSR count). The van der Waals surface area contributed by atoms with Crippen molar-refractivity contribution in [1.29, 1.82) is 0 Å². The number of phenols is 2. The van der Waals surface area contributed by atoms with Gasteiger partial charge in [0.15, 0.2) is 5.60 Å². The molecule has 0 aromatic heterocycles. The Hall–Kier alpha value is -4.57. The van der Waals surface area contributed by atoms with E-state index in [0.717, 1.165) is 0 Å². The normalized spacial score (nSPS) is 29.8. The monoisotopic (exact) mass is 487 g/mol. The second-order valence-electron chi connectivity index (χ2n) is 9.43. The second kappa shape index (κ2) is 6.35. The van der Waals surface area contributed by atoms with Crippen molar-refractivity contribution >= 4 is 17.9 Å². The number of carbonyl (C=O) groups is 3. The average Bonchev–Trinajstić information content (AvgIpc) is 3.62. The molecule has 2 saturated heterocycles. The largest absolute Gasteiger partial charge is 0.508 e. The molecule has 0 aliphatic carbocycles. The zero-order chi connectivity index (χ0) is 25.1. The topological polar surface area (TPSA) is 154 Å². The zero-order valence-electron chi connectivity index (χ0n) is 18.3. The maximum absolute atomic E-state index is 13.1. The number of carboxylic acid groups (broad SMARTS) is 2. The van der Waals surface area contributed by atoms with Crippen molar-refractivity contribution in [3.05, 3.63) is 82.4 Å². The van der Waals surface area contributed by atoms with Gasteiger partial charge in [0.2, 0.25) is 0 Å². The number of esters is 1. The molecular weight excluding hydrogens is 470 g/mol. The van der Waals surface area contributed by atoms with Crippen molar-refractivity contribution in [1.82, 2.24) is 4.90 Å². The summed E-state index contributed by atoms with van der Waals surface area (Å²) in [7, 11) is 0. The summed E-state index contributed by atoms with van der Waals surface area (Å²) in [5, 5.41) is 39.9. The highest BCUT2D eigenvalue weighted by molar-refractivity contribution is 5.97. The van der Waals surface area contributed by atoms with Gasteiger partial charge in [-0.2, -0.15) is 0 Å². The SMILES string of the molecule is O=C1OC2(c3ccc(O)cc3Oc3cc(O)cc(CC45C(C(=O)O)N4C5C(=O)O)c32)c2ccccc21. The van der Waals surface area contributed by atoms with E-state index >= 15 is 0 Å². The molecule has 0 radical (unpaired) electrons. The molecule has 1 spiro atoms. The Balaban J connectivity index is 1.49. The van der Waals surface area contributed by atoms with Gasteiger partial charge < -0.3 is 29.9 Å². The van der Waals surface area contributed by atoms with Crippen molar-refractivity contribution < 1.29 is 44.3 Å². The minimum Gasteiger partial charge on any atom is -0.508 e. The first kappa shape index (κ1) is 20.8. The van der Waals surface area contributed by atoms with E-state index in [1.807, 2.05) is 0 Å². The maximum Gasteiger partial charge on any atom is 0.340 e. The third kappa shape index (κ3) is 2.31. The minimum atomic E-state index is -1.52. The van der Waals surface area contributed by atoms with E-state index in [9.17, 15) is 34.8 Å². The summed E-state index contributed by atoms with van der Waals surface area (Å²) in [5.74, 6) is -2.76. The molecule has 4 aliphatic rings. The summed E-state index contributed by atoms with van der Waals surface area (Å²) in [5.41, 5.74) is -0.627. The summed E-state index contributed by atoms with van der Waals surface area (Å²) in [4.78, 5) is 38.0. The van der Waals surface area contributed by atoms with Crippen LogP contribution in [0.3, 0.4) is 0 Å². The van der Waals surface area contributed by atoms with E-state index in [-0.39, 0.29) is 29.4 Å². The number of nitrogens with zero attached hydrogens (tertiary/aromatic N) is 1. The molecule has 3 aromatic rings. The number of benzene rings is 3. The quantitative estimate of drug-likeness (QED) is 0.318. The van der Waals surface area contributed by atoms with Crippen LogP contribution in [0.5, 0.6) is 23.0 Å². The summed E-state index contributed by atoms with van der Waals surface area (Å²) in [6.07, 6.45) is -0.0318. The first-order valence-corrected chi connectivity index (χ1v) is 11.1. The molecule has 180 valence electrons. The summed E-state index contributed by atoms with van der Waals surface area (Å²) >= 11 is 0. The van der Waals surface area contributed by atoms with Gasteiger partial charge in [-0.25, -0.2) is 4.79 Å². The fraction of sp³-hybridized carbons (Fsp3) is 0.192. The Bertz CT molecular complexity index is 1540. The van der Waals surface area contributed by atoms with E-state index < -0.39 is 41.1 Å². The molecule has 0 amide bonds. The van der Waals surface area contributed by atoms with Gasteiger partial charge in [0.1, 0.15) is 35.1 Å². The van der Waals surface area contributed by atoms with Crippen LogP contribution in [0.25, 0.3) is 0 Å². The van der Waals surface area contributed by atoms with E-state index in [1.54, 1.807) is 30.3 Å². The lowest BCUT2D eigenvalue weighted by Crippen LogP contribution is -2.39. The van der Waals surface area contributed by atoms with Crippen LogP contribution in [-0.4, -0.2) is 60.9 Å². The van der Waals surface area contributed by atoms with Gasteiger partial charge in [-0.1, -0.05) is 18.2 Å². The molecule has 10 nitrogen and oxygen atoms in total. The van der Waals surface area contributed by atoms with Crippen molar-refractivity contribution in [3.63, 3.8) is 0 Å². The molecule has 4 N–H and O–H groups in total. The van der Waals surface area contributed by atoms with Crippen LogP contribution in [-0.2, 0) is 26.3 Å². The van der Waals surface area contributed by atoms with Crippen LogP contribution in [0.1, 0.15) is 32.6 Å². The molecule has 3 unspecified atom stereocenters. The number of carboxylic acids is 2. The Labute approximate surface area is 202 Å². The lowest BCUT2D eigenvalue weighted by molar-refractivity contribution is -0.142. The van der Waals surface area contributed by atoms with E-state index in [4.69, 9.17) is 9.47 Å². The van der Waals surface area contributed by atoms with Gasteiger partial charge in [-0.3, -0.25) is 14.5 Å². The van der Waals surface area contributed by atoms with Gasteiger partial charge >= 0.3 is 17.9 Å². The lowest BCUT2D eigenvalue weighted by atomic mass is 9.74. The predicted octanol–water partition coefficient (Wildman–Crippen LogP) is 2.18. The Kier molecular flexibility index (Phi) is 3.66. The van der Waals surface area contributed by atoms with Crippen molar-refractivity contribution in [2.45, 2.75) is 29.6 Å². The van der Waals surface area contributed by atoms with E-state index in [1.165, 1.54) is 29.2 Å². The molecule has 36 heavy (non-hydrogen) atoms. The highest BCUT2D eigenvalue weighted by Gasteiger charge is 2.90. The average molecular weight is 487 g/mol. The predicted molar refractivity (Wildman–Crippen MR) is 119 cm³/mol. The van der Waals surface area contributed by atoms with Gasteiger partial charge in [0.25, 0.3) is 0 Å². The number of ether oxygens (including phenoxy) is 2. The van der Waals surface area contributed by atoms with Crippen LogP contribution >= 0.6 is 0 Å². The highest BCUT2D eigenvalue weighted by atomic mass is 16.6. The van der Waals surface area contributed by atoms with E-state index in [0.29, 0.717) is 27.8 Å². The molecule has 3 aromatic carbocycles. The first-order chi connectivity index (χ1) is 17.2. The Morgan fingerprint density at radius 1 is 0.889 bits per heavy atom. The van der Waals surface area contributed by atoms with Crippen molar-refractivity contribution in [3.8, 4) is 23.0 Å². The van der Waals surface area contributed by atoms with Crippen molar-refractivity contribution in [2.75, 3.05) is 0 Å². The molecule has 2 fully saturated rings. The lowest BCUT2D eigenvalue weighted by Gasteiger charge is -2.38. The van der Waals surface area contributed by atoms with Crippen LogP contribution in [0.4, 0.5) is 0 Å².